The average Bonchev–Trinajstić information content (AvgIpc) is 2.92. The molecule has 25 heavy (non-hydrogen) atoms. The summed E-state index contributed by atoms with van der Waals surface area (Å²) in [5.41, 5.74) is -0.134. The molecule has 0 amide bonds. The molecular formula is C16H7ClF2N2O4. The summed E-state index contributed by atoms with van der Waals surface area (Å²) in [7, 11) is 0. The van der Waals surface area contributed by atoms with Crippen LogP contribution in [0.4, 0.5) is 14.5 Å². The van der Waals surface area contributed by atoms with Gasteiger partial charge in [-0.15, -0.1) is 0 Å². The molecule has 0 atom stereocenters. The van der Waals surface area contributed by atoms with Gasteiger partial charge in [0, 0.05) is 11.6 Å². The molecule has 0 aliphatic carbocycles. The van der Waals surface area contributed by atoms with Crippen molar-refractivity contribution in [3.05, 3.63) is 80.0 Å². The molecule has 1 aliphatic heterocycles. The molecule has 126 valence electrons. The minimum Gasteiger partial charge on any atom is -0.402 e. The van der Waals surface area contributed by atoms with Gasteiger partial charge in [-0.3, -0.25) is 10.1 Å². The molecule has 1 heterocycles. The zero-order valence-corrected chi connectivity index (χ0v) is 13.0. The summed E-state index contributed by atoms with van der Waals surface area (Å²) >= 11 is 5.72. The molecule has 0 N–H and O–H groups in total. The lowest BCUT2D eigenvalue weighted by Crippen LogP contribution is -2.06. The first-order chi connectivity index (χ1) is 11.8. The van der Waals surface area contributed by atoms with Crippen LogP contribution in [0.25, 0.3) is 6.08 Å². The SMILES string of the molecule is O=C1OC(c2ccc(Cl)c([N+](=O)[O-])c2)=N/C1=C\c1ccc(F)c(F)c1. The fourth-order valence-electron chi connectivity index (χ4n) is 2.08. The number of nitro benzene ring substituents is 1. The van der Waals surface area contributed by atoms with Gasteiger partial charge in [0.2, 0.25) is 5.90 Å². The van der Waals surface area contributed by atoms with Gasteiger partial charge in [-0.05, 0) is 35.9 Å². The number of benzene rings is 2. The predicted molar refractivity (Wildman–Crippen MR) is 85.1 cm³/mol. The van der Waals surface area contributed by atoms with E-state index in [0.29, 0.717) is 0 Å². The molecule has 0 radical (unpaired) electrons. The second-order valence-electron chi connectivity index (χ2n) is 4.93. The zero-order valence-electron chi connectivity index (χ0n) is 12.2. The summed E-state index contributed by atoms with van der Waals surface area (Å²) < 4.78 is 31.1. The second kappa shape index (κ2) is 6.40. The van der Waals surface area contributed by atoms with E-state index in [1.165, 1.54) is 24.3 Å². The van der Waals surface area contributed by atoms with E-state index < -0.39 is 22.5 Å². The molecule has 0 saturated carbocycles. The monoisotopic (exact) mass is 364 g/mol. The molecule has 0 aromatic heterocycles. The van der Waals surface area contributed by atoms with Crippen LogP contribution in [0.3, 0.4) is 0 Å². The largest absolute Gasteiger partial charge is 0.402 e. The maximum absolute atomic E-state index is 13.2. The lowest BCUT2D eigenvalue weighted by molar-refractivity contribution is -0.384. The van der Waals surface area contributed by atoms with Gasteiger partial charge in [0.05, 0.1) is 4.92 Å². The van der Waals surface area contributed by atoms with Crippen molar-refractivity contribution >= 4 is 35.2 Å². The van der Waals surface area contributed by atoms with Crippen LogP contribution in [0.2, 0.25) is 5.02 Å². The Bertz CT molecular complexity index is 973. The summed E-state index contributed by atoms with van der Waals surface area (Å²) in [6, 6.07) is 6.88. The molecular weight excluding hydrogens is 358 g/mol. The van der Waals surface area contributed by atoms with Gasteiger partial charge in [-0.2, -0.15) is 0 Å². The van der Waals surface area contributed by atoms with Gasteiger partial charge >= 0.3 is 5.97 Å². The number of hydrogen-bond acceptors (Lipinski definition) is 5. The molecule has 2 aromatic rings. The van der Waals surface area contributed by atoms with E-state index in [1.54, 1.807) is 0 Å². The van der Waals surface area contributed by atoms with Crippen molar-refractivity contribution in [1.29, 1.82) is 0 Å². The van der Waals surface area contributed by atoms with E-state index in [1.807, 2.05) is 0 Å². The number of carbonyl (C=O) groups excluding carboxylic acids is 1. The van der Waals surface area contributed by atoms with Gasteiger partial charge in [0.1, 0.15) is 5.02 Å². The van der Waals surface area contributed by atoms with Crippen LogP contribution in [0.1, 0.15) is 11.1 Å². The minimum atomic E-state index is -1.07. The molecule has 0 bridgehead atoms. The van der Waals surface area contributed by atoms with Crippen molar-refractivity contribution in [3.8, 4) is 0 Å². The van der Waals surface area contributed by atoms with Gasteiger partial charge in [-0.1, -0.05) is 17.7 Å². The van der Waals surface area contributed by atoms with Crippen molar-refractivity contribution in [1.82, 2.24) is 0 Å². The third kappa shape index (κ3) is 3.38. The smallest absolute Gasteiger partial charge is 0.363 e. The van der Waals surface area contributed by atoms with E-state index in [4.69, 9.17) is 16.3 Å². The lowest BCUT2D eigenvalue weighted by Gasteiger charge is -2.00. The maximum Gasteiger partial charge on any atom is 0.363 e. The molecule has 9 heteroatoms. The first kappa shape index (κ1) is 16.7. The Labute approximate surface area is 144 Å². The highest BCUT2D eigenvalue weighted by atomic mass is 35.5. The van der Waals surface area contributed by atoms with Crippen LogP contribution in [-0.2, 0) is 9.53 Å². The molecule has 0 saturated heterocycles. The third-order valence-electron chi connectivity index (χ3n) is 3.26. The Balaban J connectivity index is 1.97. The van der Waals surface area contributed by atoms with Crippen molar-refractivity contribution in [2.24, 2.45) is 4.99 Å². The van der Waals surface area contributed by atoms with Gasteiger partial charge in [0.15, 0.2) is 17.3 Å². The first-order valence-electron chi connectivity index (χ1n) is 6.77. The number of halogens is 3. The lowest BCUT2D eigenvalue weighted by atomic mass is 10.2. The van der Waals surface area contributed by atoms with Crippen LogP contribution in [0, 0.1) is 21.7 Å². The number of aliphatic imine (C=N–C) groups is 1. The Hall–Kier alpha value is -3.13. The Morgan fingerprint density at radius 3 is 2.60 bits per heavy atom. The molecule has 2 aromatic carbocycles. The highest BCUT2D eigenvalue weighted by molar-refractivity contribution is 6.32. The fraction of sp³-hybridized carbons (Fsp3) is 0. The van der Waals surface area contributed by atoms with Crippen molar-refractivity contribution in [3.63, 3.8) is 0 Å². The molecule has 6 nitrogen and oxygen atoms in total. The number of rotatable bonds is 3. The van der Waals surface area contributed by atoms with Crippen molar-refractivity contribution < 1.29 is 23.2 Å². The van der Waals surface area contributed by atoms with E-state index in [-0.39, 0.29) is 33.4 Å². The number of hydrogen-bond donors (Lipinski definition) is 0. The molecule has 3 rings (SSSR count). The molecule has 1 aliphatic rings. The zero-order chi connectivity index (χ0) is 18.1. The topological polar surface area (TPSA) is 81.8 Å². The summed E-state index contributed by atoms with van der Waals surface area (Å²) in [6.45, 7) is 0. The van der Waals surface area contributed by atoms with Crippen molar-refractivity contribution in [2.75, 3.05) is 0 Å². The molecule has 0 unspecified atom stereocenters. The normalized spacial score (nSPS) is 15.2. The summed E-state index contributed by atoms with van der Waals surface area (Å²) in [5.74, 6) is -3.07. The number of nitrogens with zero attached hydrogens (tertiary/aromatic N) is 2. The van der Waals surface area contributed by atoms with Gasteiger partial charge in [-0.25, -0.2) is 18.6 Å². The standard InChI is InChI=1S/C16H7ClF2N2O4/c17-10-3-2-9(7-14(10)21(23)24)15-20-13(16(22)25-15)6-8-1-4-11(18)12(19)5-8/h1-7H/b13-6-. The van der Waals surface area contributed by atoms with Crippen LogP contribution in [0.5, 0.6) is 0 Å². The number of carbonyl (C=O) groups is 1. The van der Waals surface area contributed by atoms with Crippen LogP contribution in [0.15, 0.2) is 47.1 Å². The fourth-order valence-corrected chi connectivity index (χ4v) is 2.26. The van der Waals surface area contributed by atoms with Crippen LogP contribution >= 0.6 is 11.6 Å². The van der Waals surface area contributed by atoms with E-state index in [9.17, 15) is 23.7 Å². The highest BCUT2D eigenvalue weighted by Gasteiger charge is 2.26. The summed E-state index contributed by atoms with van der Waals surface area (Å²) in [6.07, 6.45) is 1.21. The maximum atomic E-state index is 13.2. The van der Waals surface area contributed by atoms with Crippen molar-refractivity contribution in [2.45, 2.75) is 0 Å². The van der Waals surface area contributed by atoms with E-state index in [2.05, 4.69) is 4.99 Å². The quantitative estimate of drug-likeness (QED) is 0.358. The van der Waals surface area contributed by atoms with E-state index >= 15 is 0 Å². The minimum absolute atomic E-state index is 0.0729. The Morgan fingerprint density at radius 1 is 1.16 bits per heavy atom. The second-order valence-corrected chi connectivity index (χ2v) is 5.34. The van der Waals surface area contributed by atoms with Crippen LogP contribution in [-0.4, -0.2) is 16.8 Å². The third-order valence-corrected chi connectivity index (χ3v) is 3.58. The highest BCUT2D eigenvalue weighted by Crippen LogP contribution is 2.27. The Kier molecular flexibility index (Phi) is 4.28. The molecule has 0 fully saturated rings. The summed E-state index contributed by atoms with van der Waals surface area (Å²) in [4.78, 5) is 26.0. The number of esters is 1. The molecule has 0 spiro atoms. The number of cyclic esters (lactones) is 1. The van der Waals surface area contributed by atoms with Crippen LogP contribution < -0.4 is 0 Å². The number of nitro groups is 1. The van der Waals surface area contributed by atoms with Gasteiger partial charge < -0.3 is 4.74 Å². The predicted octanol–water partition coefficient (Wildman–Crippen LogP) is 3.87. The number of ether oxygens (including phenoxy) is 1. The summed E-state index contributed by atoms with van der Waals surface area (Å²) in [5, 5.41) is 10.8. The first-order valence-corrected chi connectivity index (χ1v) is 7.15. The van der Waals surface area contributed by atoms with E-state index in [0.717, 1.165) is 18.2 Å². The average molecular weight is 365 g/mol. The Morgan fingerprint density at radius 2 is 1.92 bits per heavy atom. The van der Waals surface area contributed by atoms with Gasteiger partial charge in [0.25, 0.3) is 5.69 Å².